The molecular formula is C11H19NO4S2. The minimum absolute atomic E-state index is 0.00477. The fourth-order valence-electron chi connectivity index (χ4n) is 0.926. The summed E-state index contributed by atoms with van der Waals surface area (Å²) in [5.41, 5.74) is 0. The van der Waals surface area contributed by atoms with Crippen LogP contribution in [-0.2, 0) is 19.1 Å². The van der Waals surface area contributed by atoms with E-state index in [4.69, 9.17) is 4.74 Å². The van der Waals surface area contributed by atoms with Gasteiger partial charge in [-0.3, -0.25) is 9.59 Å². The Morgan fingerprint density at radius 1 is 1.06 bits per heavy atom. The van der Waals surface area contributed by atoms with E-state index in [1.54, 1.807) is 21.6 Å². The molecule has 0 aromatic carbocycles. The molecule has 0 aromatic heterocycles. The fraction of sp³-hybridized carbons (Fsp3) is 0.727. The molecule has 0 aliphatic carbocycles. The van der Waals surface area contributed by atoms with Crippen molar-refractivity contribution < 1.29 is 19.1 Å². The summed E-state index contributed by atoms with van der Waals surface area (Å²) in [7, 11) is 3.21. The lowest BCUT2D eigenvalue weighted by atomic mass is 10.2. The van der Waals surface area contributed by atoms with Crippen molar-refractivity contribution in [2.24, 2.45) is 0 Å². The molecule has 0 heterocycles. The van der Waals surface area contributed by atoms with Crippen LogP contribution < -0.4 is 5.32 Å². The molecule has 1 amide bonds. The Balaban J connectivity index is 3.22. The number of hydrogen-bond donors (Lipinski definition) is 1. The molecule has 0 radical (unpaired) electrons. The van der Waals surface area contributed by atoms with Crippen LogP contribution in [0.1, 0.15) is 26.7 Å². The van der Waals surface area contributed by atoms with Gasteiger partial charge in [0, 0.05) is 31.4 Å². The average molecular weight is 293 g/mol. The molecule has 1 N–H and O–H groups in total. The first-order chi connectivity index (χ1) is 8.52. The monoisotopic (exact) mass is 293 g/mol. The van der Waals surface area contributed by atoms with Crippen LogP contribution in [0.4, 0.5) is 0 Å². The maximum absolute atomic E-state index is 11.1. The van der Waals surface area contributed by atoms with Crippen molar-refractivity contribution >= 4 is 39.2 Å². The van der Waals surface area contributed by atoms with Crippen LogP contribution in [0.3, 0.4) is 0 Å². The number of ketones is 1. The largest absolute Gasteiger partial charge is 0.465 e. The number of nitrogens with one attached hydrogen (secondary N) is 1. The first kappa shape index (κ1) is 17.3. The van der Waals surface area contributed by atoms with Crippen molar-refractivity contribution in [1.82, 2.24) is 5.32 Å². The summed E-state index contributed by atoms with van der Waals surface area (Å²) in [4.78, 5) is 32.3. The SMILES string of the molecule is CC(=O)CCC(=O)OCCSSCCNC(C)=O. The third-order valence-electron chi connectivity index (χ3n) is 1.75. The normalized spacial score (nSPS) is 9.89. The summed E-state index contributed by atoms with van der Waals surface area (Å²) in [5, 5.41) is 2.69. The van der Waals surface area contributed by atoms with E-state index in [0.29, 0.717) is 18.9 Å². The van der Waals surface area contributed by atoms with Gasteiger partial charge in [-0.15, -0.1) is 0 Å². The Bertz CT molecular complexity index is 284. The number of esters is 1. The molecule has 0 spiro atoms. The smallest absolute Gasteiger partial charge is 0.306 e. The van der Waals surface area contributed by atoms with Crippen LogP contribution in [0.5, 0.6) is 0 Å². The third-order valence-corrected chi connectivity index (χ3v) is 4.12. The molecule has 0 atom stereocenters. The van der Waals surface area contributed by atoms with Crippen molar-refractivity contribution in [2.45, 2.75) is 26.7 Å². The van der Waals surface area contributed by atoms with Gasteiger partial charge in [-0.25, -0.2) is 0 Å². The fourth-order valence-corrected chi connectivity index (χ4v) is 2.66. The van der Waals surface area contributed by atoms with Gasteiger partial charge in [0.1, 0.15) is 12.4 Å². The lowest BCUT2D eigenvalue weighted by molar-refractivity contribution is -0.144. The van der Waals surface area contributed by atoms with E-state index in [1.165, 1.54) is 13.8 Å². The van der Waals surface area contributed by atoms with Gasteiger partial charge in [-0.05, 0) is 6.92 Å². The van der Waals surface area contributed by atoms with E-state index >= 15 is 0 Å². The molecule has 0 saturated carbocycles. The number of ether oxygens (including phenoxy) is 1. The van der Waals surface area contributed by atoms with Crippen LogP contribution in [0.15, 0.2) is 0 Å². The van der Waals surface area contributed by atoms with Crippen molar-refractivity contribution in [2.75, 3.05) is 24.7 Å². The molecule has 0 bridgehead atoms. The standard InChI is InChI=1S/C11H19NO4S2/c1-9(13)3-4-11(15)16-6-8-18-17-7-5-12-10(2)14/h3-8H2,1-2H3,(H,12,14). The molecular weight excluding hydrogens is 274 g/mol. The third kappa shape index (κ3) is 13.4. The molecule has 0 aliphatic rings. The summed E-state index contributed by atoms with van der Waals surface area (Å²) >= 11 is 0. The van der Waals surface area contributed by atoms with Crippen molar-refractivity contribution in [1.29, 1.82) is 0 Å². The molecule has 7 heteroatoms. The van der Waals surface area contributed by atoms with Gasteiger partial charge in [0.15, 0.2) is 0 Å². The average Bonchev–Trinajstić information content (AvgIpc) is 2.29. The summed E-state index contributed by atoms with van der Waals surface area (Å²) < 4.78 is 4.94. The van der Waals surface area contributed by atoms with E-state index in [9.17, 15) is 14.4 Å². The van der Waals surface area contributed by atoms with Gasteiger partial charge in [-0.1, -0.05) is 21.6 Å². The van der Waals surface area contributed by atoms with Crippen LogP contribution in [-0.4, -0.2) is 42.3 Å². The predicted molar refractivity (Wildman–Crippen MR) is 74.5 cm³/mol. The van der Waals surface area contributed by atoms with Gasteiger partial charge in [0.2, 0.25) is 5.91 Å². The van der Waals surface area contributed by atoms with Gasteiger partial charge >= 0.3 is 5.97 Å². The topological polar surface area (TPSA) is 72.5 Å². The molecule has 18 heavy (non-hydrogen) atoms. The highest BCUT2D eigenvalue weighted by molar-refractivity contribution is 8.76. The number of hydrogen-bond acceptors (Lipinski definition) is 6. The van der Waals surface area contributed by atoms with E-state index in [1.807, 2.05) is 0 Å². The first-order valence-electron chi connectivity index (χ1n) is 5.66. The van der Waals surface area contributed by atoms with Crippen molar-refractivity contribution in [3.05, 3.63) is 0 Å². The second-order valence-corrected chi connectivity index (χ2v) is 6.25. The summed E-state index contributed by atoms with van der Waals surface area (Å²) in [5.74, 6) is 1.17. The second-order valence-electron chi connectivity index (χ2n) is 3.55. The second kappa shape index (κ2) is 11.4. The molecule has 0 rings (SSSR count). The van der Waals surface area contributed by atoms with Gasteiger partial charge in [-0.2, -0.15) is 0 Å². The Morgan fingerprint density at radius 2 is 1.72 bits per heavy atom. The Morgan fingerprint density at radius 3 is 2.33 bits per heavy atom. The predicted octanol–water partition coefficient (Wildman–Crippen LogP) is 1.42. The number of rotatable bonds is 10. The quantitative estimate of drug-likeness (QED) is 0.373. The maximum atomic E-state index is 11.1. The van der Waals surface area contributed by atoms with E-state index in [2.05, 4.69) is 5.32 Å². The molecule has 5 nitrogen and oxygen atoms in total. The Hall–Kier alpha value is -0.690. The van der Waals surface area contributed by atoms with E-state index < -0.39 is 0 Å². The summed E-state index contributed by atoms with van der Waals surface area (Å²) in [6.45, 7) is 3.94. The van der Waals surface area contributed by atoms with Crippen LogP contribution in [0.2, 0.25) is 0 Å². The van der Waals surface area contributed by atoms with Crippen LogP contribution >= 0.6 is 21.6 Å². The molecule has 0 aliphatic heterocycles. The molecule has 0 aromatic rings. The summed E-state index contributed by atoms with van der Waals surface area (Å²) in [6.07, 6.45) is 0.410. The minimum Gasteiger partial charge on any atom is -0.465 e. The number of Topliss-reactive ketones (excluding diaryl/α,β-unsaturated/α-hetero) is 1. The zero-order valence-electron chi connectivity index (χ0n) is 10.7. The lowest BCUT2D eigenvalue weighted by Crippen LogP contribution is -2.22. The van der Waals surface area contributed by atoms with E-state index in [-0.39, 0.29) is 30.5 Å². The lowest BCUT2D eigenvalue weighted by Gasteiger charge is -2.04. The van der Waals surface area contributed by atoms with Gasteiger partial charge < -0.3 is 14.8 Å². The molecule has 104 valence electrons. The molecule has 0 unspecified atom stereocenters. The number of amides is 1. The molecule has 0 fully saturated rings. The summed E-state index contributed by atoms with van der Waals surface area (Å²) in [6, 6.07) is 0. The number of carbonyl (C=O) groups is 3. The minimum atomic E-state index is -0.325. The van der Waals surface area contributed by atoms with Crippen molar-refractivity contribution in [3.63, 3.8) is 0 Å². The van der Waals surface area contributed by atoms with Crippen LogP contribution in [0, 0.1) is 0 Å². The Kier molecular flexibility index (Phi) is 11.0. The Labute approximate surface area is 115 Å². The number of carbonyl (C=O) groups excluding carboxylic acids is 3. The van der Waals surface area contributed by atoms with Crippen molar-refractivity contribution in [3.8, 4) is 0 Å². The van der Waals surface area contributed by atoms with Gasteiger partial charge in [0.25, 0.3) is 0 Å². The first-order valence-corrected chi connectivity index (χ1v) is 8.15. The highest BCUT2D eigenvalue weighted by atomic mass is 33.1. The zero-order chi connectivity index (χ0) is 13.8. The van der Waals surface area contributed by atoms with Gasteiger partial charge in [0.05, 0.1) is 6.42 Å². The highest BCUT2D eigenvalue weighted by Gasteiger charge is 2.04. The van der Waals surface area contributed by atoms with Crippen LogP contribution in [0.25, 0.3) is 0 Å². The maximum Gasteiger partial charge on any atom is 0.306 e. The van der Waals surface area contributed by atoms with E-state index in [0.717, 1.165) is 5.75 Å². The highest BCUT2D eigenvalue weighted by Crippen LogP contribution is 2.19. The molecule has 0 saturated heterocycles. The zero-order valence-corrected chi connectivity index (χ0v) is 12.3.